The summed E-state index contributed by atoms with van der Waals surface area (Å²) in [5.41, 5.74) is 5.09. The number of carbonyl (C=O) groups excluding carboxylic acids is 2. The number of pyridine rings is 1. The Balaban J connectivity index is 1.44. The summed E-state index contributed by atoms with van der Waals surface area (Å²) in [6, 6.07) is 18.0. The third-order valence-corrected chi connectivity index (χ3v) is 5.42. The third-order valence-electron chi connectivity index (χ3n) is 5.42. The van der Waals surface area contributed by atoms with E-state index in [0.29, 0.717) is 17.0 Å². The van der Waals surface area contributed by atoms with Gasteiger partial charge in [0.1, 0.15) is 0 Å². The van der Waals surface area contributed by atoms with Gasteiger partial charge in [0.25, 0.3) is 5.91 Å². The average molecular weight is 424 g/mol. The quantitative estimate of drug-likeness (QED) is 0.398. The predicted molar refractivity (Wildman–Crippen MR) is 122 cm³/mol. The molecule has 0 radical (unpaired) electrons. The van der Waals surface area contributed by atoms with Crippen LogP contribution in [-0.2, 0) is 4.79 Å². The molecule has 1 aliphatic heterocycles. The van der Waals surface area contributed by atoms with E-state index in [4.69, 9.17) is 0 Å². The van der Waals surface area contributed by atoms with Crippen molar-refractivity contribution in [3.8, 4) is 11.3 Å². The Morgan fingerprint density at radius 3 is 2.69 bits per heavy atom. The monoisotopic (exact) mass is 424 g/mol. The molecule has 158 valence electrons. The van der Waals surface area contributed by atoms with Crippen LogP contribution in [0.4, 0.5) is 10.5 Å². The van der Waals surface area contributed by atoms with E-state index in [1.807, 2.05) is 54.6 Å². The zero-order valence-corrected chi connectivity index (χ0v) is 17.2. The lowest BCUT2D eigenvalue weighted by Crippen LogP contribution is -2.45. The lowest BCUT2D eigenvalue weighted by atomic mass is 9.93. The summed E-state index contributed by atoms with van der Waals surface area (Å²) < 4.78 is 0. The SMILES string of the molecule is CC1=C(C(=O)Nc2ccc3[nH]ncc3c2)C(c2ccc(-c3ccccn3)cc2)NC(=O)N1. The van der Waals surface area contributed by atoms with Crippen molar-refractivity contribution < 1.29 is 9.59 Å². The Kier molecular flexibility index (Phi) is 4.87. The molecule has 0 bridgehead atoms. The molecule has 0 saturated heterocycles. The Morgan fingerprint density at radius 1 is 1.06 bits per heavy atom. The first-order valence-electron chi connectivity index (χ1n) is 10.1. The molecule has 0 spiro atoms. The maximum absolute atomic E-state index is 13.2. The molecule has 0 fully saturated rings. The van der Waals surface area contributed by atoms with Crippen LogP contribution in [0.3, 0.4) is 0 Å². The van der Waals surface area contributed by atoms with Gasteiger partial charge in [-0.1, -0.05) is 30.3 Å². The Bertz CT molecular complexity index is 1340. The van der Waals surface area contributed by atoms with Gasteiger partial charge in [-0.15, -0.1) is 0 Å². The van der Waals surface area contributed by atoms with Gasteiger partial charge in [0, 0.05) is 28.5 Å². The summed E-state index contributed by atoms with van der Waals surface area (Å²) >= 11 is 0. The number of H-pyrrole nitrogens is 1. The molecule has 8 heteroatoms. The second-order valence-electron chi connectivity index (χ2n) is 7.53. The zero-order valence-electron chi connectivity index (χ0n) is 17.2. The smallest absolute Gasteiger partial charge is 0.319 e. The van der Waals surface area contributed by atoms with E-state index in [2.05, 4.69) is 31.1 Å². The normalized spacial score (nSPS) is 15.9. The van der Waals surface area contributed by atoms with Crippen molar-refractivity contribution in [1.29, 1.82) is 0 Å². The molecular formula is C24H20N6O2. The van der Waals surface area contributed by atoms with Crippen molar-refractivity contribution >= 4 is 28.5 Å². The molecule has 0 saturated carbocycles. The highest BCUT2D eigenvalue weighted by atomic mass is 16.2. The fraction of sp³-hybridized carbons (Fsp3) is 0.0833. The van der Waals surface area contributed by atoms with Gasteiger partial charge in [-0.3, -0.25) is 14.9 Å². The third kappa shape index (κ3) is 3.69. The van der Waals surface area contributed by atoms with Crippen molar-refractivity contribution in [3.63, 3.8) is 0 Å². The standard InChI is InChI=1S/C24H20N6O2/c1-14-21(23(31)28-18-9-10-20-17(12-18)13-26-30-20)22(29-24(32)27-14)16-7-5-15(6-8-16)19-4-2-3-11-25-19/h2-13,22H,1H3,(H,26,30)(H,28,31)(H2,27,29,32). The molecular weight excluding hydrogens is 404 g/mol. The van der Waals surface area contributed by atoms with Crippen LogP contribution < -0.4 is 16.0 Å². The van der Waals surface area contributed by atoms with Crippen LogP contribution in [0.25, 0.3) is 22.2 Å². The molecule has 8 nitrogen and oxygen atoms in total. The van der Waals surface area contributed by atoms with Gasteiger partial charge in [-0.05, 0) is 42.8 Å². The molecule has 3 amide bonds. The van der Waals surface area contributed by atoms with Crippen LogP contribution in [0.5, 0.6) is 0 Å². The summed E-state index contributed by atoms with van der Waals surface area (Å²) in [4.78, 5) is 29.8. The van der Waals surface area contributed by atoms with Gasteiger partial charge in [0.05, 0.1) is 29.0 Å². The number of aromatic nitrogens is 3. The summed E-state index contributed by atoms with van der Waals surface area (Å²) in [5, 5.41) is 16.3. The van der Waals surface area contributed by atoms with E-state index in [-0.39, 0.29) is 11.9 Å². The van der Waals surface area contributed by atoms with Crippen molar-refractivity contribution in [2.75, 3.05) is 5.32 Å². The summed E-state index contributed by atoms with van der Waals surface area (Å²) in [7, 11) is 0. The van der Waals surface area contributed by atoms with Gasteiger partial charge < -0.3 is 16.0 Å². The highest BCUT2D eigenvalue weighted by Gasteiger charge is 2.31. The lowest BCUT2D eigenvalue weighted by molar-refractivity contribution is -0.113. The number of hydrogen-bond acceptors (Lipinski definition) is 4. The lowest BCUT2D eigenvalue weighted by Gasteiger charge is -2.28. The number of rotatable bonds is 4. The number of allylic oxidation sites excluding steroid dienone is 1. The van der Waals surface area contributed by atoms with Gasteiger partial charge in [0.2, 0.25) is 0 Å². The number of nitrogens with zero attached hydrogens (tertiary/aromatic N) is 2. The van der Waals surface area contributed by atoms with Crippen molar-refractivity contribution in [3.05, 3.63) is 89.9 Å². The minimum absolute atomic E-state index is 0.295. The number of aromatic amines is 1. The van der Waals surface area contributed by atoms with Crippen LogP contribution >= 0.6 is 0 Å². The number of amides is 3. The first kappa shape index (κ1) is 19.5. The molecule has 5 rings (SSSR count). The molecule has 4 N–H and O–H groups in total. The zero-order chi connectivity index (χ0) is 22.1. The van der Waals surface area contributed by atoms with Crippen LogP contribution in [0.15, 0.2) is 84.3 Å². The number of carbonyl (C=O) groups is 2. The molecule has 2 aromatic heterocycles. The van der Waals surface area contributed by atoms with Crippen LogP contribution in [0, 0.1) is 0 Å². The molecule has 4 aromatic rings. The second-order valence-corrected chi connectivity index (χ2v) is 7.53. The molecule has 2 aromatic carbocycles. The highest BCUT2D eigenvalue weighted by molar-refractivity contribution is 6.07. The average Bonchev–Trinajstić information content (AvgIpc) is 3.27. The van der Waals surface area contributed by atoms with Gasteiger partial charge in [-0.25, -0.2) is 4.79 Å². The van der Waals surface area contributed by atoms with Crippen molar-refractivity contribution in [1.82, 2.24) is 25.8 Å². The molecule has 1 aliphatic rings. The first-order chi connectivity index (χ1) is 15.6. The van der Waals surface area contributed by atoms with Gasteiger partial charge in [-0.2, -0.15) is 5.10 Å². The summed E-state index contributed by atoms with van der Waals surface area (Å²) in [6.45, 7) is 1.72. The minimum atomic E-state index is -0.584. The molecule has 1 atom stereocenters. The van der Waals surface area contributed by atoms with Crippen molar-refractivity contribution in [2.24, 2.45) is 0 Å². The fourth-order valence-corrected chi connectivity index (χ4v) is 3.84. The Morgan fingerprint density at radius 2 is 1.91 bits per heavy atom. The van der Waals surface area contributed by atoms with Crippen molar-refractivity contribution in [2.45, 2.75) is 13.0 Å². The number of fused-ring (bicyclic) bond motifs is 1. The fourth-order valence-electron chi connectivity index (χ4n) is 3.84. The number of benzene rings is 2. The van der Waals surface area contributed by atoms with Crippen LogP contribution in [-0.4, -0.2) is 27.1 Å². The topological polar surface area (TPSA) is 112 Å². The molecule has 1 unspecified atom stereocenters. The number of anilines is 1. The van der Waals surface area contributed by atoms with E-state index in [0.717, 1.165) is 27.7 Å². The summed E-state index contributed by atoms with van der Waals surface area (Å²) in [5.74, 6) is -0.295. The minimum Gasteiger partial charge on any atom is -0.327 e. The maximum atomic E-state index is 13.2. The van der Waals surface area contributed by atoms with Crippen LogP contribution in [0.2, 0.25) is 0 Å². The van der Waals surface area contributed by atoms with E-state index in [1.54, 1.807) is 25.4 Å². The molecule has 0 aliphatic carbocycles. The Hall–Kier alpha value is -4.46. The number of urea groups is 1. The van der Waals surface area contributed by atoms with Gasteiger partial charge in [0.15, 0.2) is 0 Å². The predicted octanol–water partition coefficient (Wildman–Crippen LogP) is 3.89. The van der Waals surface area contributed by atoms with E-state index >= 15 is 0 Å². The largest absolute Gasteiger partial charge is 0.327 e. The van der Waals surface area contributed by atoms with E-state index in [1.165, 1.54) is 0 Å². The highest BCUT2D eigenvalue weighted by Crippen LogP contribution is 2.29. The Labute approximate surface area is 183 Å². The van der Waals surface area contributed by atoms with Gasteiger partial charge >= 0.3 is 6.03 Å². The maximum Gasteiger partial charge on any atom is 0.319 e. The second kappa shape index (κ2) is 7.99. The number of nitrogens with one attached hydrogen (secondary N) is 4. The van der Waals surface area contributed by atoms with E-state index in [9.17, 15) is 9.59 Å². The van der Waals surface area contributed by atoms with Crippen LogP contribution in [0.1, 0.15) is 18.5 Å². The first-order valence-corrected chi connectivity index (χ1v) is 10.1. The number of hydrogen-bond donors (Lipinski definition) is 4. The molecule has 3 heterocycles. The summed E-state index contributed by atoms with van der Waals surface area (Å²) in [6.07, 6.45) is 3.44. The van der Waals surface area contributed by atoms with E-state index < -0.39 is 6.04 Å². The molecule has 32 heavy (non-hydrogen) atoms.